The third-order valence-electron chi connectivity index (χ3n) is 3.68. The van der Waals surface area contributed by atoms with E-state index in [-0.39, 0.29) is 54.9 Å². The van der Waals surface area contributed by atoms with Crippen molar-refractivity contribution in [1.82, 2.24) is 16.0 Å². The Labute approximate surface area is 189 Å². The molecule has 3 amide bonds. The predicted octanol–water partition coefficient (Wildman–Crippen LogP) is -0.0129. The molecule has 0 saturated carbocycles. The van der Waals surface area contributed by atoms with Crippen molar-refractivity contribution >= 4 is 46.4 Å². The molecule has 0 atom stereocenters. The van der Waals surface area contributed by atoms with Crippen LogP contribution in [0.25, 0.3) is 0 Å². The number of esters is 1. The Morgan fingerprint density at radius 1 is 0.875 bits per heavy atom. The highest BCUT2D eigenvalue weighted by atomic mass is 32.2. The van der Waals surface area contributed by atoms with Crippen molar-refractivity contribution in [2.24, 2.45) is 0 Å². The molecule has 0 aromatic heterocycles. The zero-order valence-electron chi connectivity index (χ0n) is 17.6. The van der Waals surface area contributed by atoms with E-state index in [9.17, 15) is 28.8 Å². The van der Waals surface area contributed by atoms with E-state index in [4.69, 9.17) is 4.74 Å². The van der Waals surface area contributed by atoms with E-state index < -0.39 is 23.7 Å². The van der Waals surface area contributed by atoms with Crippen LogP contribution in [0.4, 0.5) is 0 Å². The van der Waals surface area contributed by atoms with Crippen LogP contribution in [0.3, 0.4) is 0 Å². The second kappa shape index (κ2) is 14.5. The fourth-order valence-electron chi connectivity index (χ4n) is 1.99. The summed E-state index contributed by atoms with van der Waals surface area (Å²) in [5.41, 5.74) is 0.692. The zero-order valence-corrected chi connectivity index (χ0v) is 18.4. The monoisotopic (exact) mass is 463 g/mol. The number of amides is 3. The molecule has 11 heteroatoms. The largest absolute Gasteiger partial charge is 0.462 e. The van der Waals surface area contributed by atoms with Crippen molar-refractivity contribution in [3.63, 3.8) is 0 Å². The fourth-order valence-corrected chi connectivity index (χ4v) is 2.66. The molecular weight excluding hydrogens is 438 g/mol. The summed E-state index contributed by atoms with van der Waals surface area (Å²) < 4.78 is 4.78. The van der Waals surface area contributed by atoms with E-state index in [2.05, 4.69) is 22.5 Å². The van der Waals surface area contributed by atoms with Gasteiger partial charge in [-0.15, -0.1) is 0 Å². The lowest BCUT2D eigenvalue weighted by atomic mass is 10.2. The third-order valence-corrected chi connectivity index (χ3v) is 4.59. The molecule has 172 valence electrons. The van der Waals surface area contributed by atoms with Crippen LogP contribution >= 0.6 is 11.8 Å². The highest BCUT2D eigenvalue weighted by Crippen LogP contribution is 2.11. The van der Waals surface area contributed by atoms with Crippen LogP contribution in [-0.4, -0.2) is 66.6 Å². The van der Waals surface area contributed by atoms with Crippen LogP contribution in [0, 0.1) is 0 Å². The number of thioether (sulfide) groups is 1. The molecule has 0 aliphatic heterocycles. The normalized spacial score (nSPS) is 9.91. The van der Waals surface area contributed by atoms with E-state index in [1.54, 1.807) is 30.3 Å². The maximum absolute atomic E-state index is 11.9. The molecule has 1 aromatic rings. The van der Waals surface area contributed by atoms with Gasteiger partial charge in [0, 0.05) is 17.6 Å². The van der Waals surface area contributed by atoms with Crippen molar-refractivity contribution in [3.8, 4) is 0 Å². The second-order valence-electron chi connectivity index (χ2n) is 6.48. The number of benzene rings is 1. The molecule has 0 aliphatic carbocycles. The number of hydrogen-bond acceptors (Lipinski definition) is 8. The molecule has 0 bridgehead atoms. The number of rotatable bonds is 13. The average molecular weight is 464 g/mol. The van der Waals surface area contributed by atoms with Crippen LogP contribution < -0.4 is 16.0 Å². The lowest BCUT2D eigenvalue weighted by Gasteiger charge is -2.08. The fraction of sp³-hybridized carbons (Fsp3) is 0.333. The molecule has 0 heterocycles. The summed E-state index contributed by atoms with van der Waals surface area (Å²) in [4.78, 5) is 69.8. The van der Waals surface area contributed by atoms with Crippen molar-refractivity contribution in [3.05, 3.63) is 48.0 Å². The van der Waals surface area contributed by atoms with Gasteiger partial charge in [-0.2, -0.15) is 0 Å². The Hall–Kier alpha value is -3.47. The molecule has 0 radical (unpaired) electrons. The number of hydrogen-bond donors (Lipinski definition) is 3. The molecule has 32 heavy (non-hydrogen) atoms. The predicted molar refractivity (Wildman–Crippen MR) is 118 cm³/mol. The van der Waals surface area contributed by atoms with Crippen LogP contribution in [0.2, 0.25) is 0 Å². The number of carbonyl (C=O) groups excluding carboxylic acids is 6. The molecule has 0 unspecified atom stereocenters. The quantitative estimate of drug-likeness (QED) is 0.273. The molecule has 0 spiro atoms. The lowest BCUT2D eigenvalue weighted by Crippen LogP contribution is -2.43. The van der Waals surface area contributed by atoms with Crippen LogP contribution in [0.5, 0.6) is 0 Å². The van der Waals surface area contributed by atoms with Crippen LogP contribution in [0.1, 0.15) is 23.7 Å². The third kappa shape index (κ3) is 11.6. The van der Waals surface area contributed by atoms with Gasteiger partial charge in [-0.3, -0.25) is 24.0 Å². The van der Waals surface area contributed by atoms with Crippen molar-refractivity contribution in [1.29, 1.82) is 0 Å². The number of nitrogens with one attached hydrogen (secondary N) is 3. The summed E-state index contributed by atoms with van der Waals surface area (Å²) in [5, 5.41) is 6.70. The summed E-state index contributed by atoms with van der Waals surface area (Å²) in [7, 11) is 0. The molecule has 1 aromatic carbocycles. The minimum absolute atomic E-state index is 0.0670. The smallest absolute Gasteiger partial charge is 0.333 e. The first kappa shape index (κ1) is 26.6. The first-order valence-electron chi connectivity index (χ1n) is 9.55. The first-order valence-corrected chi connectivity index (χ1v) is 10.5. The van der Waals surface area contributed by atoms with Crippen molar-refractivity contribution < 1.29 is 33.5 Å². The number of ketones is 1. The van der Waals surface area contributed by atoms with Gasteiger partial charge in [0.2, 0.25) is 22.8 Å². The Bertz CT molecular complexity index is 871. The Kier molecular flexibility index (Phi) is 12.1. The van der Waals surface area contributed by atoms with Crippen molar-refractivity contribution in [2.75, 3.05) is 32.0 Å². The molecule has 10 nitrogen and oxygen atoms in total. The zero-order chi connectivity index (χ0) is 23.9. The molecule has 0 fully saturated rings. The van der Waals surface area contributed by atoms with Gasteiger partial charge in [0.1, 0.15) is 0 Å². The minimum Gasteiger partial charge on any atom is -0.462 e. The molecule has 3 N–H and O–H groups in total. The number of carbonyl (C=O) groups is 6. The lowest BCUT2D eigenvalue weighted by molar-refractivity contribution is -0.139. The van der Waals surface area contributed by atoms with E-state index in [0.29, 0.717) is 5.56 Å². The maximum Gasteiger partial charge on any atom is 0.333 e. The summed E-state index contributed by atoms with van der Waals surface area (Å²) in [6, 6.07) is 8.48. The average Bonchev–Trinajstić information content (AvgIpc) is 2.78. The van der Waals surface area contributed by atoms with Gasteiger partial charge < -0.3 is 20.7 Å². The SMILES string of the molecule is C=C(C)C(=O)OCCC(=O)CNC(=O)CNC(=O)CNC(=O)CSC(=O)c1ccccc1. The molecule has 0 saturated heterocycles. The first-order chi connectivity index (χ1) is 15.2. The molecular formula is C21H25N3O7S. The van der Waals surface area contributed by atoms with Gasteiger partial charge in [0.25, 0.3) is 0 Å². The minimum atomic E-state index is -0.606. The molecule has 1 rings (SSSR count). The standard InChI is InChI=1S/C21H25N3O7S/c1-14(2)20(29)31-9-8-16(25)10-22-17(26)11-23-18(27)12-24-19(28)13-32-21(30)15-6-4-3-5-7-15/h3-7H,1,8-13H2,2H3,(H,22,26)(H,23,27)(H,24,28). The number of Topliss-reactive ketones (excluding diaryl/α,β-unsaturated/α-hetero) is 1. The van der Waals surface area contributed by atoms with E-state index in [1.165, 1.54) is 6.92 Å². The molecule has 0 aliphatic rings. The highest BCUT2D eigenvalue weighted by molar-refractivity contribution is 8.14. The second-order valence-corrected chi connectivity index (χ2v) is 7.43. The van der Waals surface area contributed by atoms with Gasteiger partial charge in [-0.1, -0.05) is 48.7 Å². The van der Waals surface area contributed by atoms with E-state index in [1.807, 2.05) is 0 Å². The van der Waals surface area contributed by atoms with Crippen LogP contribution in [-0.2, 0) is 28.7 Å². The van der Waals surface area contributed by atoms with Gasteiger partial charge in [0.05, 0.1) is 32.0 Å². The van der Waals surface area contributed by atoms with Gasteiger partial charge in [-0.05, 0) is 6.92 Å². The van der Waals surface area contributed by atoms with Gasteiger partial charge >= 0.3 is 5.97 Å². The highest BCUT2D eigenvalue weighted by Gasteiger charge is 2.12. The Morgan fingerprint density at radius 3 is 2.03 bits per heavy atom. The topological polar surface area (TPSA) is 148 Å². The Morgan fingerprint density at radius 2 is 1.44 bits per heavy atom. The van der Waals surface area contributed by atoms with Gasteiger partial charge in [-0.25, -0.2) is 4.79 Å². The maximum atomic E-state index is 11.9. The van der Waals surface area contributed by atoms with Crippen molar-refractivity contribution in [2.45, 2.75) is 13.3 Å². The Balaban J connectivity index is 2.13. The number of ether oxygens (including phenoxy) is 1. The van der Waals surface area contributed by atoms with Gasteiger partial charge in [0.15, 0.2) is 5.78 Å². The van der Waals surface area contributed by atoms with E-state index in [0.717, 1.165) is 11.8 Å². The van der Waals surface area contributed by atoms with Crippen LogP contribution in [0.15, 0.2) is 42.5 Å². The summed E-state index contributed by atoms with van der Waals surface area (Å²) >= 11 is 0.815. The summed E-state index contributed by atoms with van der Waals surface area (Å²) in [6.07, 6.45) is -0.0670. The summed E-state index contributed by atoms with van der Waals surface area (Å²) in [5.74, 6) is -2.80. The van der Waals surface area contributed by atoms with E-state index >= 15 is 0 Å². The summed E-state index contributed by atoms with van der Waals surface area (Å²) in [6.45, 7) is 3.75.